The monoisotopic (exact) mass is 575 g/mol. The number of furan rings is 1. The Kier molecular flexibility index (Phi) is 9.33. The first-order valence-electron chi connectivity index (χ1n) is 11.1. The zero-order valence-corrected chi connectivity index (χ0v) is 21.4. The van der Waals surface area contributed by atoms with Crippen molar-refractivity contribution in [1.82, 2.24) is 15.5 Å². The molecule has 2 aliphatic rings. The van der Waals surface area contributed by atoms with Gasteiger partial charge in [-0.05, 0) is 37.6 Å². The van der Waals surface area contributed by atoms with Gasteiger partial charge in [0.2, 0.25) is 0 Å². The van der Waals surface area contributed by atoms with E-state index in [9.17, 15) is 8.78 Å². The van der Waals surface area contributed by atoms with Gasteiger partial charge in [0.25, 0.3) is 0 Å². The van der Waals surface area contributed by atoms with Gasteiger partial charge in [-0.25, -0.2) is 8.78 Å². The molecule has 0 bridgehead atoms. The SMILES string of the molecule is CN=C(NCC(c1ccc(C)o1)N1CCOCC1)NC1CCN(c2c(F)cccc2F)C1.I. The summed E-state index contributed by atoms with van der Waals surface area (Å²) in [7, 11) is 1.72. The van der Waals surface area contributed by atoms with Crippen LogP contribution in [0.4, 0.5) is 14.5 Å². The topological polar surface area (TPSA) is 65.3 Å². The van der Waals surface area contributed by atoms with E-state index in [2.05, 4.69) is 20.5 Å². The van der Waals surface area contributed by atoms with Gasteiger partial charge in [-0.1, -0.05) is 6.07 Å². The predicted molar refractivity (Wildman–Crippen MR) is 135 cm³/mol. The molecule has 2 fully saturated rings. The number of aliphatic imine (C=N–C) groups is 1. The number of halogens is 3. The Morgan fingerprint density at radius 2 is 1.88 bits per heavy atom. The van der Waals surface area contributed by atoms with Crippen molar-refractivity contribution in [1.29, 1.82) is 0 Å². The molecule has 33 heavy (non-hydrogen) atoms. The highest BCUT2D eigenvalue weighted by Gasteiger charge is 2.29. The molecule has 2 aliphatic heterocycles. The summed E-state index contributed by atoms with van der Waals surface area (Å²) in [6.07, 6.45) is 0.763. The number of hydrogen-bond acceptors (Lipinski definition) is 5. The average Bonchev–Trinajstić information content (AvgIpc) is 3.43. The van der Waals surface area contributed by atoms with Crippen LogP contribution in [0.2, 0.25) is 0 Å². The van der Waals surface area contributed by atoms with Crippen molar-refractivity contribution in [2.75, 3.05) is 57.9 Å². The van der Waals surface area contributed by atoms with E-state index in [4.69, 9.17) is 9.15 Å². The number of rotatable bonds is 6. The second kappa shape index (κ2) is 12.0. The highest BCUT2D eigenvalue weighted by atomic mass is 127. The van der Waals surface area contributed by atoms with Gasteiger partial charge in [0.05, 0.1) is 19.3 Å². The highest BCUT2D eigenvalue weighted by Crippen LogP contribution is 2.27. The maximum atomic E-state index is 14.1. The quantitative estimate of drug-likeness (QED) is 0.313. The minimum atomic E-state index is -0.532. The van der Waals surface area contributed by atoms with E-state index in [1.807, 2.05) is 19.1 Å². The fraction of sp³-hybridized carbons (Fsp3) is 0.522. The molecular weight excluding hydrogens is 543 g/mol. The van der Waals surface area contributed by atoms with Gasteiger partial charge in [-0.2, -0.15) is 0 Å². The molecule has 2 atom stereocenters. The molecule has 0 spiro atoms. The van der Waals surface area contributed by atoms with Crippen molar-refractivity contribution in [3.63, 3.8) is 0 Å². The number of benzene rings is 1. The number of guanidine groups is 1. The highest BCUT2D eigenvalue weighted by molar-refractivity contribution is 14.0. The number of nitrogens with one attached hydrogen (secondary N) is 2. The van der Waals surface area contributed by atoms with Gasteiger partial charge in [0, 0.05) is 45.8 Å². The third kappa shape index (κ3) is 6.36. The maximum Gasteiger partial charge on any atom is 0.191 e. The predicted octanol–water partition coefficient (Wildman–Crippen LogP) is 3.30. The number of ether oxygens (including phenoxy) is 1. The lowest BCUT2D eigenvalue weighted by Crippen LogP contribution is -2.48. The van der Waals surface area contributed by atoms with E-state index in [0.717, 1.165) is 31.0 Å². The molecule has 2 unspecified atom stereocenters. The summed E-state index contributed by atoms with van der Waals surface area (Å²) in [5, 5.41) is 6.81. The smallest absolute Gasteiger partial charge is 0.191 e. The Bertz CT molecular complexity index is 915. The summed E-state index contributed by atoms with van der Waals surface area (Å²) in [5.41, 5.74) is 0.0420. The molecule has 182 valence electrons. The molecular formula is C23H32F2IN5O2. The van der Waals surface area contributed by atoms with Crippen molar-refractivity contribution in [3.05, 3.63) is 53.5 Å². The van der Waals surface area contributed by atoms with Crippen molar-refractivity contribution < 1.29 is 17.9 Å². The molecule has 0 aliphatic carbocycles. The first kappa shape index (κ1) is 25.7. The fourth-order valence-electron chi connectivity index (χ4n) is 4.38. The Morgan fingerprint density at radius 3 is 2.52 bits per heavy atom. The van der Waals surface area contributed by atoms with Crippen LogP contribution < -0.4 is 15.5 Å². The standard InChI is InChI=1S/C23H31F2N5O2.HI/c1-16-6-7-21(32-16)20(29-10-12-31-13-11-29)14-27-23(26-2)28-17-8-9-30(15-17)22-18(24)4-3-5-19(22)25;/h3-7,17,20H,8-15H2,1-2H3,(H2,26,27,28);1H. The van der Waals surface area contributed by atoms with Crippen LogP contribution in [0.25, 0.3) is 0 Å². The minimum absolute atomic E-state index is 0. The van der Waals surface area contributed by atoms with Crippen LogP contribution in [0.15, 0.2) is 39.7 Å². The Balaban J connectivity index is 0.00000306. The first-order chi connectivity index (χ1) is 15.5. The number of hydrogen-bond donors (Lipinski definition) is 2. The second-order valence-electron chi connectivity index (χ2n) is 8.21. The molecule has 2 saturated heterocycles. The Hall–Kier alpha value is -1.92. The van der Waals surface area contributed by atoms with Crippen molar-refractivity contribution in [3.8, 4) is 0 Å². The fourth-order valence-corrected chi connectivity index (χ4v) is 4.38. The van der Waals surface area contributed by atoms with Crippen LogP contribution in [0.1, 0.15) is 24.0 Å². The van der Waals surface area contributed by atoms with Gasteiger partial charge in [0.15, 0.2) is 5.96 Å². The van der Waals surface area contributed by atoms with E-state index in [1.54, 1.807) is 11.9 Å². The molecule has 0 radical (unpaired) electrons. The lowest BCUT2D eigenvalue weighted by molar-refractivity contribution is 0.0124. The molecule has 2 aromatic rings. The van der Waals surface area contributed by atoms with Gasteiger partial charge in [-0.3, -0.25) is 9.89 Å². The summed E-state index contributed by atoms with van der Waals surface area (Å²) in [6.45, 7) is 6.72. The third-order valence-corrected chi connectivity index (χ3v) is 6.05. The summed E-state index contributed by atoms with van der Waals surface area (Å²) in [5.74, 6) is 1.39. The van der Waals surface area contributed by atoms with Gasteiger partial charge in [-0.15, -0.1) is 24.0 Å². The molecule has 4 rings (SSSR count). The van der Waals surface area contributed by atoms with Gasteiger partial charge >= 0.3 is 0 Å². The maximum absolute atomic E-state index is 14.1. The zero-order chi connectivity index (χ0) is 22.5. The molecule has 7 nitrogen and oxygen atoms in total. The van der Waals surface area contributed by atoms with E-state index in [-0.39, 0.29) is 41.7 Å². The van der Waals surface area contributed by atoms with Gasteiger partial charge in [0.1, 0.15) is 28.8 Å². The first-order valence-corrected chi connectivity index (χ1v) is 11.1. The molecule has 2 N–H and O–H groups in total. The number of nitrogens with zero attached hydrogens (tertiary/aromatic N) is 3. The Morgan fingerprint density at radius 1 is 1.15 bits per heavy atom. The zero-order valence-electron chi connectivity index (χ0n) is 19.0. The summed E-state index contributed by atoms with van der Waals surface area (Å²) in [4.78, 5) is 8.45. The number of morpholine rings is 1. The van der Waals surface area contributed by atoms with E-state index < -0.39 is 11.6 Å². The van der Waals surface area contributed by atoms with Crippen molar-refractivity contribution >= 4 is 35.6 Å². The van der Waals surface area contributed by atoms with Crippen LogP contribution in [-0.4, -0.2) is 69.9 Å². The average molecular weight is 575 g/mol. The number of anilines is 1. The van der Waals surface area contributed by atoms with E-state index in [1.165, 1.54) is 18.2 Å². The molecule has 1 aromatic carbocycles. The normalized spacial score (nSPS) is 20.4. The van der Waals surface area contributed by atoms with Crippen LogP contribution >= 0.6 is 24.0 Å². The lowest BCUT2D eigenvalue weighted by Gasteiger charge is -2.33. The minimum Gasteiger partial charge on any atom is -0.465 e. The molecule has 10 heteroatoms. The van der Waals surface area contributed by atoms with Crippen molar-refractivity contribution in [2.24, 2.45) is 4.99 Å². The summed E-state index contributed by atoms with van der Waals surface area (Å²) in [6, 6.07) is 8.06. The lowest BCUT2D eigenvalue weighted by atomic mass is 10.1. The van der Waals surface area contributed by atoms with Crippen LogP contribution in [0.5, 0.6) is 0 Å². The molecule has 1 aromatic heterocycles. The molecule has 0 saturated carbocycles. The van der Waals surface area contributed by atoms with Crippen molar-refractivity contribution in [2.45, 2.75) is 25.4 Å². The van der Waals surface area contributed by atoms with E-state index in [0.29, 0.717) is 38.8 Å². The number of aryl methyl sites for hydroxylation is 1. The van der Waals surface area contributed by atoms with Crippen LogP contribution in [-0.2, 0) is 4.74 Å². The summed E-state index contributed by atoms with van der Waals surface area (Å²) >= 11 is 0. The largest absolute Gasteiger partial charge is 0.465 e. The third-order valence-electron chi connectivity index (χ3n) is 6.05. The molecule has 0 amide bonds. The Labute approximate surface area is 210 Å². The van der Waals surface area contributed by atoms with Gasteiger partial charge < -0.3 is 24.7 Å². The second-order valence-corrected chi connectivity index (χ2v) is 8.21. The summed E-state index contributed by atoms with van der Waals surface area (Å²) < 4.78 is 39.7. The number of para-hydroxylation sites is 1. The van der Waals surface area contributed by atoms with Crippen LogP contribution in [0.3, 0.4) is 0 Å². The van der Waals surface area contributed by atoms with E-state index >= 15 is 0 Å². The molecule has 3 heterocycles. The van der Waals surface area contributed by atoms with Crippen LogP contribution in [0, 0.1) is 18.6 Å².